The molecule has 0 bridgehead atoms. The zero-order valence-electron chi connectivity index (χ0n) is 17.9. The Morgan fingerprint density at radius 3 is 2.41 bits per heavy atom. The first kappa shape index (κ1) is 25.3. The van der Waals surface area contributed by atoms with Crippen LogP contribution in [0.3, 0.4) is 0 Å². The van der Waals surface area contributed by atoms with E-state index >= 15 is 0 Å². The van der Waals surface area contributed by atoms with Gasteiger partial charge in [0, 0.05) is 39.0 Å². The Hall–Kier alpha value is -1.71. The maximum atomic E-state index is 11.7. The smallest absolute Gasteiger partial charge is 0.407 e. The molecule has 29 heavy (non-hydrogen) atoms. The number of rotatable bonds is 6. The molecule has 1 amide bonds. The van der Waals surface area contributed by atoms with Crippen molar-refractivity contribution in [3.63, 3.8) is 0 Å². The Bertz CT molecular complexity index is 627. The van der Waals surface area contributed by atoms with Crippen LogP contribution in [0.25, 0.3) is 0 Å². The van der Waals surface area contributed by atoms with Gasteiger partial charge < -0.3 is 25.0 Å². The van der Waals surface area contributed by atoms with Gasteiger partial charge in [0.25, 0.3) is 0 Å². The summed E-state index contributed by atoms with van der Waals surface area (Å²) in [5, 5.41) is 6.07. The van der Waals surface area contributed by atoms with Gasteiger partial charge in [-0.2, -0.15) is 0 Å². The maximum Gasteiger partial charge on any atom is 0.407 e. The first-order chi connectivity index (χ1) is 13.4. The van der Waals surface area contributed by atoms with E-state index < -0.39 is 11.7 Å². The number of halogens is 1. The highest BCUT2D eigenvalue weighted by Crippen LogP contribution is 2.18. The van der Waals surface area contributed by atoms with Gasteiger partial charge in [0.15, 0.2) is 5.96 Å². The van der Waals surface area contributed by atoms with Crippen LogP contribution in [0.2, 0.25) is 0 Å². The molecule has 1 aromatic rings. The number of carbonyl (C=O) groups is 1. The van der Waals surface area contributed by atoms with Gasteiger partial charge in [-0.1, -0.05) is 18.2 Å². The van der Waals surface area contributed by atoms with Crippen molar-refractivity contribution in [3.8, 4) is 5.75 Å². The lowest BCUT2D eigenvalue weighted by atomic mass is 10.1. The van der Waals surface area contributed by atoms with Gasteiger partial charge in [-0.25, -0.2) is 4.79 Å². The lowest BCUT2D eigenvalue weighted by Gasteiger charge is -2.34. The normalized spacial score (nSPS) is 15.3. The summed E-state index contributed by atoms with van der Waals surface area (Å²) in [6, 6.07) is 9.97. The molecule has 1 aliphatic heterocycles. The fourth-order valence-electron chi connectivity index (χ4n) is 2.94. The Labute approximate surface area is 191 Å². The van der Waals surface area contributed by atoms with Crippen LogP contribution in [-0.4, -0.2) is 61.4 Å². The second-order valence-corrected chi connectivity index (χ2v) is 7.78. The number of carbonyl (C=O) groups excluding carboxylic acids is 1. The lowest BCUT2D eigenvalue weighted by Crippen LogP contribution is -2.47. The summed E-state index contributed by atoms with van der Waals surface area (Å²) in [7, 11) is 0. The minimum Gasteiger partial charge on any atom is -0.490 e. The molecular weight excluding hydrogens is 483 g/mol. The molecule has 7 nitrogen and oxygen atoms in total. The molecule has 1 aliphatic rings. The molecule has 0 aromatic heterocycles. The highest BCUT2D eigenvalue weighted by molar-refractivity contribution is 14.0. The van der Waals surface area contributed by atoms with E-state index in [-0.39, 0.29) is 30.1 Å². The number of para-hydroxylation sites is 1. The molecule has 1 saturated heterocycles. The molecule has 0 unspecified atom stereocenters. The third-order valence-corrected chi connectivity index (χ3v) is 4.16. The minimum atomic E-state index is -0.492. The van der Waals surface area contributed by atoms with E-state index in [1.165, 1.54) is 0 Å². The van der Waals surface area contributed by atoms with Crippen molar-refractivity contribution in [2.24, 2.45) is 4.99 Å². The van der Waals surface area contributed by atoms with Gasteiger partial charge in [0.1, 0.15) is 17.5 Å². The number of alkyl carbamates (subject to hydrolysis) is 1. The number of guanidine groups is 1. The molecule has 1 aromatic carbocycles. The maximum absolute atomic E-state index is 11.7. The van der Waals surface area contributed by atoms with E-state index in [1.807, 2.05) is 51.1 Å². The second-order valence-electron chi connectivity index (χ2n) is 7.78. The summed E-state index contributed by atoms with van der Waals surface area (Å²) in [5.74, 6) is 1.81. The predicted molar refractivity (Wildman–Crippen MR) is 127 cm³/mol. The Kier molecular flexibility index (Phi) is 11.2. The van der Waals surface area contributed by atoms with Crippen molar-refractivity contribution in [2.75, 3.05) is 32.7 Å². The van der Waals surface area contributed by atoms with E-state index in [9.17, 15) is 4.79 Å². The largest absolute Gasteiger partial charge is 0.490 e. The summed E-state index contributed by atoms with van der Waals surface area (Å²) in [6.07, 6.45) is 1.73. The summed E-state index contributed by atoms with van der Waals surface area (Å²) in [4.78, 5) is 18.6. The van der Waals surface area contributed by atoms with Gasteiger partial charge in [-0.05, 0) is 39.8 Å². The van der Waals surface area contributed by atoms with Gasteiger partial charge in [0.05, 0.1) is 6.54 Å². The number of ether oxygens (including phenoxy) is 2. The Morgan fingerprint density at radius 1 is 1.17 bits per heavy atom. The number of benzene rings is 1. The van der Waals surface area contributed by atoms with Gasteiger partial charge in [-0.3, -0.25) is 4.99 Å². The van der Waals surface area contributed by atoms with Gasteiger partial charge >= 0.3 is 6.09 Å². The molecule has 0 spiro atoms. The number of nitrogens with one attached hydrogen (secondary N) is 2. The SMILES string of the molecule is CCNC(=NCCNC(=O)OC(C)(C)C)N1CCC(Oc2ccccc2)CC1.I. The van der Waals surface area contributed by atoms with Gasteiger partial charge in [-0.15, -0.1) is 24.0 Å². The van der Waals surface area contributed by atoms with E-state index in [1.54, 1.807) is 0 Å². The van der Waals surface area contributed by atoms with Crippen LogP contribution < -0.4 is 15.4 Å². The average molecular weight is 518 g/mol. The molecule has 2 N–H and O–H groups in total. The standard InChI is InChI=1S/C21H34N4O3.HI/c1-5-22-19(23-13-14-24-20(26)28-21(2,3)4)25-15-11-18(12-16-25)27-17-9-7-6-8-10-17;/h6-10,18H,5,11-16H2,1-4H3,(H,22,23)(H,24,26);1H. The number of piperidine rings is 1. The third kappa shape index (κ3) is 10.0. The Balaban J connectivity index is 0.00000420. The molecule has 0 saturated carbocycles. The number of nitrogens with zero attached hydrogens (tertiary/aromatic N) is 2. The van der Waals surface area contributed by atoms with Crippen LogP contribution in [0.4, 0.5) is 4.79 Å². The highest BCUT2D eigenvalue weighted by Gasteiger charge is 2.22. The topological polar surface area (TPSA) is 75.2 Å². The molecule has 1 heterocycles. The number of hydrogen-bond donors (Lipinski definition) is 2. The van der Waals surface area contributed by atoms with Crippen LogP contribution >= 0.6 is 24.0 Å². The molecule has 1 fully saturated rings. The van der Waals surface area contributed by atoms with Crippen molar-refractivity contribution >= 4 is 36.0 Å². The molecule has 8 heteroatoms. The number of amides is 1. The van der Waals surface area contributed by atoms with Crippen molar-refractivity contribution in [1.29, 1.82) is 0 Å². The van der Waals surface area contributed by atoms with E-state index in [0.717, 1.165) is 44.2 Å². The van der Waals surface area contributed by atoms with Crippen molar-refractivity contribution in [2.45, 2.75) is 52.2 Å². The van der Waals surface area contributed by atoms with Crippen LogP contribution in [0.15, 0.2) is 35.3 Å². The molecule has 164 valence electrons. The van der Waals surface area contributed by atoms with E-state index in [4.69, 9.17) is 9.47 Å². The lowest BCUT2D eigenvalue weighted by molar-refractivity contribution is 0.0529. The first-order valence-corrected chi connectivity index (χ1v) is 10.1. The summed E-state index contributed by atoms with van der Waals surface area (Å²) < 4.78 is 11.3. The zero-order chi connectivity index (χ0) is 20.4. The third-order valence-electron chi connectivity index (χ3n) is 4.16. The van der Waals surface area contributed by atoms with Crippen LogP contribution in [0.5, 0.6) is 5.75 Å². The molecule has 2 rings (SSSR count). The number of likely N-dealkylation sites (tertiary alicyclic amines) is 1. The molecule has 0 atom stereocenters. The summed E-state index contributed by atoms with van der Waals surface area (Å²) >= 11 is 0. The first-order valence-electron chi connectivity index (χ1n) is 10.1. The predicted octanol–water partition coefficient (Wildman–Crippen LogP) is 3.64. The minimum absolute atomic E-state index is 0. The quantitative estimate of drug-likeness (QED) is 0.261. The van der Waals surface area contributed by atoms with Crippen LogP contribution in [0, 0.1) is 0 Å². The van der Waals surface area contributed by atoms with Crippen LogP contribution in [-0.2, 0) is 4.74 Å². The number of hydrogen-bond acceptors (Lipinski definition) is 4. The summed E-state index contributed by atoms with van der Waals surface area (Å²) in [5.41, 5.74) is -0.492. The second kappa shape index (κ2) is 12.8. The van der Waals surface area contributed by atoms with Crippen molar-refractivity contribution in [1.82, 2.24) is 15.5 Å². The fraction of sp³-hybridized carbons (Fsp3) is 0.619. The average Bonchev–Trinajstić information content (AvgIpc) is 2.64. The van der Waals surface area contributed by atoms with Crippen molar-refractivity contribution in [3.05, 3.63) is 30.3 Å². The van der Waals surface area contributed by atoms with Gasteiger partial charge in [0.2, 0.25) is 0 Å². The highest BCUT2D eigenvalue weighted by atomic mass is 127. The molecular formula is C21H35IN4O3. The molecule has 0 aliphatic carbocycles. The fourth-order valence-corrected chi connectivity index (χ4v) is 2.94. The van der Waals surface area contributed by atoms with Crippen molar-refractivity contribution < 1.29 is 14.3 Å². The van der Waals surface area contributed by atoms with E-state index in [2.05, 4.69) is 27.4 Å². The monoisotopic (exact) mass is 518 g/mol. The van der Waals surface area contributed by atoms with Crippen LogP contribution in [0.1, 0.15) is 40.5 Å². The summed E-state index contributed by atoms with van der Waals surface area (Å²) in [6.45, 7) is 11.1. The van der Waals surface area contributed by atoms with E-state index in [0.29, 0.717) is 13.1 Å². The zero-order valence-corrected chi connectivity index (χ0v) is 20.3. The molecule has 0 radical (unpaired) electrons. The Morgan fingerprint density at radius 2 is 1.83 bits per heavy atom. The number of aliphatic imine (C=N–C) groups is 1.